The van der Waals surface area contributed by atoms with Crippen LogP contribution in [0.2, 0.25) is 0 Å². The Hall–Kier alpha value is -1.59. The fourth-order valence-electron chi connectivity index (χ4n) is 2.58. The second kappa shape index (κ2) is 8.15. The maximum atomic E-state index is 12.3. The Kier molecular flexibility index (Phi) is 6.21. The van der Waals surface area contributed by atoms with Gasteiger partial charge in [0.2, 0.25) is 0 Å². The fraction of sp³-hybridized carbons (Fsp3) is 0.588. The molecule has 1 amide bonds. The van der Waals surface area contributed by atoms with E-state index >= 15 is 0 Å². The van der Waals surface area contributed by atoms with Gasteiger partial charge in [-0.3, -0.25) is 9.69 Å². The molecule has 1 aromatic rings. The first-order chi connectivity index (χ1) is 10.6. The van der Waals surface area contributed by atoms with Crippen LogP contribution in [0, 0.1) is 0 Å². The minimum absolute atomic E-state index is 0.0298. The molecule has 1 N–H and O–H groups in total. The molecule has 0 aliphatic carbocycles. The number of carbonyl (C=O) groups excluding carboxylic acids is 1. The summed E-state index contributed by atoms with van der Waals surface area (Å²) in [5.74, 6) is 1.12. The Morgan fingerprint density at radius 1 is 1.36 bits per heavy atom. The van der Waals surface area contributed by atoms with Crippen LogP contribution < -0.4 is 10.1 Å². The van der Waals surface area contributed by atoms with Crippen LogP contribution in [0.4, 0.5) is 0 Å². The third-order valence-corrected chi connectivity index (χ3v) is 3.93. The van der Waals surface area contributed by atoms with Gasteiger partial charge in [0.25, 0.3) is 5.91 Å². The van der Waals surface area contributed by atoms with Gasteiger partial charge >= 0.3 is 0 Å². The molecule has 22 heavy (non-hydrogen) atoms. The van der Waals surface area contributed by atoms with E-state index in [1.807, 2.05) is 18.2 Å². The Morgan fingerprint density at radius 2 is 2.09 bits per heavy atom. The standard InChI is InChI=1S/C17H26N2O3/c1-13(2)15-12-14(4-5-16(15)21-3)17(20)18-6-7-19-8-10-22-11-9-19/h4-5,12-13H,6-11H2,1-3H3,(H,18,20). The zero-order chi connectivity index (χ0) is 15.9. The largest absolute Gasteiger partial charge is 0.496 e. The predicted octanol–water partition coefficient (Wildman–Crippen LogP) is 1.88. The lowest BCUT2D eigenvalue weighted by Crippen LogP contribution is -2.41. The van der Waals surface area contributed by atoms with E-state index in [1.165, 1.54) is 0 Å². The van der Waals surface area contributed by atoms with E-state index in [2.05, 4.69) is 24.1 Å². The molecular weight excluding hydrogens is 280 g/mol. The van der Waals surface area contributed by atoms with E-state index in [9.17, 15) is 4.79 Å². The number of benzene rings is 1. The Morgan fingerprint density at radius 3 is 2.73 bits per heavy atom. The topological polar surface area (TPSA) is 50.8 Å². The van der Waals surface area contributed by atoms with Gasteiger partial charge in [-0.2, -0.15) is 0 Å². The average Bonchev–Trinajstić information content (AvgIpc) is 2.55. The number of amides is 1. The zero-order valence-corrected chi connectivity index (χ0v) is 13.7. The highest BCUT2D eigenvalue weighted by Gasteiger charge is 2.13. The van der Waals surface area contributed by atoms with Crippen molar-refractivity contribution in [3.05, 3.63) is 29.3 Å². The van der Waals surface area contributed by atoms with Gasteiger partial charge in [-0.25, -0.2) is 0 Å². The second-order valence-electron chi connectivity index (χ2n) is 5.82. The number of ether oxygens (including phenoxy) is 2. The Bertz CT molecular complexity index is 497. The highest BCUT2D eigenvalue weighted by molar-refractivity contribution is 5.94. The number of rotatable bonds is 6. The average molecular weight is 306 g/mol. The van der Waals surface area contributed by atoms with Crippen molar-refractivity contribution in [3.63, 3.8) is 0 Å². The van der Waals surface area contributed by atoms with E-state index in [0.29, 0.717) is 18.0 Å². The number of carbonyl (C=O) groups is 1. The quantitative estimate of drug-likeness (QED) is 0.872. The molecule has 5 heteroatoms. The lowest BCUT2D eigenvalue weighted by molar-refractivity contribution is 0.0383. The molecule has 0 bridgehead atoms. The lowest BCUT2D eigenvalue weighted by Gasteiger charge is -2.26. The lowest BCUT2D eigenvalue weighted by atomic mass is 9.99. The summed E-state index contributed by atoms with van der Waals surface area (Å²) in [4.78, 5) is 14.6. The highest BCUT2D eigenvalue weighted by Crippen LogP contribution is 2.27. The summed E-state index contributed by atoms with van der Waals surface area (Å²) in [7, 11) is 1.66. The minimum Gasteiger partial charge on any atom is -0.496 e. The summed E-state index contributed by atoms with van der Waals surface area (Å²) in [5, 5.41) is 2.99. The number of methoxy groups -OCH3 is 1. The van der Waals surface area contributed by atoms with Gasteiger partial charge in [-0.05, 0) is 29.7 Å². The van der Waals surface area contributed by atoms with Crippen molar-refractivity contribution in [2.45, 2.75) is 19.8 Å². The molecule has 1 aliphatic rings. The summed E-state index contributed by atoms with van der Waals surface area (Å²) in [6.07, 6.45) is 0. The molecule has 0 spiro atoms. The van der Waals surface area contributed by atoms with Gasteiger partial charge in [0, 0.05) is 31.7 Å². The summed E-state index contributed by atoms with van der Waals surface area (Å²) in [6, 6.07) is 5.61. The van der Waals surface area contributed by atoms with Gasteiger partial charge in [-0.15, -0.1) is 0 Å². The number of hydrogen-bond acceptors (Lipinski definition) is 4. The van der Waals surface area contributed by atoms with Crippen LogP contribution in [0.5, 0.6) is 5.75 Å². The summed E-state index contributed by atoms with van der Waals surface area (Å²) >= 11 is 0. The van der Waals surface area contributed by atoms with Crippen LogP contribution in [-0.2, 0) is 4.74 Å². The zero-order valence-electron chi connectivity index (χ0n) is 13.7. The van der Waals surface area contributed by atoms with E-state index in [1.54, 1.807) is 7.11 Å². The van der Waals surface area contributed by atoms with Crippen LogP contribution in [0.15, 0.2) is 18.2 Å². The van der Waals surface area contributed by atoms with Crippen molar-refractivity contribution in [3.8, 4) is 5.75 Å². The number of nitrogens with zero attached hydrogens (tertiary/aromatic N) is 1. The van der Waals surface area contributed by atoms with Crippen LogP contribution in [0.3, 0.4) is 0 Å². The third-order valence-electron chi connectivity index (χ3n) is 3.93. The first-order valence-electron chi connectivity index (χ1n) is 7.88. The summed E-state index contributed by atoms with van der Waals surface area (Å²) in [5.41, 5.74) is 1.75. The van der Waals surface area contributed by atoms with Crippen LogP contribution >= 0.6 is 0 Å². The van der Waals surface area contributed by atoms with E-state index in [-0.39, 0.29) is 5.91 Å². The molecule has 1 aromatic carbocycles. The van der Waals surface area contributed by atoms with Crippen LogP contribution in [-0.4, -0.2) is 57.3 Å². The van der Waals surface area contributed by atoms with E-state index < -0.39 is 0 Å². The molecule has 1 saturated heterocycles. The normalized spacial score (nSPS) is 15.8. The van der Waals surface area contributed by atoms with Gasteiger partial charge in [0.1, 0.15) is 5.75 Å². The monoisotopic (exact) mass is 306 g/mol. The van der Waals surface area contributed by atoms with Gasteiger partial charge < -0.3 is 14.8 Å². The maximum Gasteiger partial charge on any atom is 0.251 e. The second-order valence-corrected chi connectivity index (χ2v) is 5.82. The van der Waals surface area contributed by atoms with Gasteiger partial charge in [0.15, 0.2) is 0 Å². The first kappa shape index (κ1) is 16.8. The molecule has 0 atom stereocenters. The van der Waals surface area contributed by atoms with Crippen molar-refractivity contribution in [1.29, 1.82) is 0 Å². The molecule has 122 valence electrons. The highest BCUT2D eigenvalue weighted by atomic mass is 16.5. The first-order valence-corrected chi connectivity index (χ1v) is 7.88. The van der Waals surface area contributed by atoms with Crippen molar-refractivity contribution in [1.82, 2.24) is 10.2 Å². The maximum absolute atomic E-state index is 12.3. The molecule has 1 aliphatic heterocycles. The summed E-state index contributed by atoms with van der Waals surface area (Å²) in [6.45, 7) is 9.15. The smallest absolute Gasteiger partial charge is 0.251 e. The molecule has 0 unspecified atom stereocenters. The number of nitrogens with one attached hydrogen (secondary N) is 1. The molecule has 0 saturated carbocycles. The molecule has 1 heterocycles. The number of morpholine rings is 1. The minimum atomic E-state index is -0.0298. The molecule has 0 aromatic heterocycles. The van der Waals surface area contributed by atoms with Crippen molar-refractivity contribution in [2.24, 2.45) is 0 Å². The number of hydrogen-bond donors (Lipinski definition) is 1. The van der Waals surface area contributed by atoms with Crippen molar-refractivity contribution < 1.29 is 14.3 Å². The molecule has 5 nitrogen and oxygen atoms in total. The molecule has 2 rings (SSSR count). The Labute approximate surface area is 132 Å². The fourth-order valence-corrected chi connectivity index (χ4v) is 2.58. The molecular formula is C17H26N2O3. The van der Waals surface area contributed by atoms with E-state index in [0.717, 1.165) is 44.2 Å². The van der Waals surface area contributed by atoms with E-state index in [4.69, 9.17) is 9.47 Å². The van der Waals surface area contributed by atoms with Crippen molar-refractivity contribution >= 4 is 5.91 Å². The SMILES string of the molecule is COc1ccc(C(=O)NCCN2CCOCC2)cc1C(C)C. The van der Waals surface area contributed by atoms with Crippen LogP contribution in [0.1, 0.15) is 35.7 Å². The van der Waals surface area contributed by atoms with Crippen LogP contribution in [0.25, 0.3) is 0 Å². The Balaban J connectivity index is 1.90. The molecule has 1 fully saturated rings. The third kappa shape index (κ3) is 4.45. The predicted molar refractivity (Wildman–Crippen MR) is 86.7 cm³/mol. The van der Waals surface area contributed by atoms with Gasteiger partial charge in [-0.1, -0.05) is 13.8 Å². The van der Waals surface area contributed by atoms with Crippen molar-refractivity contribution in [2.75, 3.05) is 46.5 Å². The molecule has 0 radical (unpaired) electrons. The van der Waals surface area contributed by atoms with Gasteiger partial charge in [0.05, 0.1) is 20.3 Å². The summed E-state index contributed by atoms with van der Waals surface area (Å²) < 4.78 is 10.7.